The van der Waals surface area contributed by atoms with Gasteiger partial charge < -0.3 is 15.1 Å². The van der Waals surface area contributed by atoms with Gasteiger partial charge in [-0.05, 0) is 56.2 Å². The number of amides is 2. The van der Waals surface area contributed by atoms with Gasteiger partial charge in [0.1, 0.15) is 0 Å². The van der Waals surface area contributed by atoms with Crippen molar-refractivity contribution in [2.75, 3.05) is 17.6 Å². The van der Waals surface area contributed by atoms with Crippen LogP contribution >= 0.6 is 27.7 Å². The van der Waals surface area contributed by atoms with Crippen LogP contribution in [-0.4, -0.2) is 34.3 Å². The van der Waals surface area contributed by atoms with Crippen molar-refractivity contribution in [1.82, 2.24) is 15.5 Å². The van der Waals surface area contributed by atoms with E-state index in [1.807, 2.05) is 57.2 Å². The molecular formula is C21H21BrN4O3S. The Kier molecular flexibility index (Phi) is 7.28. The van der Waals surface area contributed by atoms with Crippen LogP contribution in [0.3, 0.4) is 0 Å². The number of carbonyl (C=O) groups excluding carboxylic acids is 2. The van der Waals surface area contributed by atoms with E-state index in [-0.39, 0.29) is 24.1 Å². The normalized spacial score (nSPS) is 10.7. The predicted molar refractivity (Wildman–Crippen MR) is 120 cm³/mol. The maximum atomic E-state index is 12.2. The first kappa shape index (κ1) is 22.0. The summed E-state index contributed by atoms with van der Waals surface area (Å²) in [6, 6.07) is 11.5. The molecule has 0 aliphatic carbocycles. The van der Waals surface area contributed by atoms with Crippen LogP contribution in [0.4, 0.5) is 5.69 Å². The Labute approximate surface area is 187 Å². The second-order valence-electron chi connectivity index (χ2n) is 6.77. The summed E-state index contributed by atoms with van der Waals surface area (Å²) in [7, 11) is 0. The maximum Gasteiger partial charge on any atom is 0.277 e. The fourth-order valence-electron chi connectivity index (χ4n) is 2.90. The lowest BCUT2D eigenvalue weighted by Gasteiger charge is -2.13. The van der Waals surface area contributed by atoms with Crippen molar-refractivity contribution in [3.8, 4) is 11.5 Å². The van der Waals surface area contributed by atoms with Crippen molar-refractivity contribution in [2.24, 2.45) is 0 Å². The molecule has 0 bridgehead atoms. The molecule has 0 saturated carbocycles. The second-order valence-corrected chi connectivity index (χ2v) is 8.61. The van der Waals surface area contributed by atoms with E-state index in [1.54, 1.807) is 0 Å². The number of nitrogens with one attached hydrogen (secondary N) is 2. The molecule has 156 valence electrons. The largest absolute Gasteiger partial charge is 0.411 e. The highest BCUT2D eigenvalue weighted by atomic mass is 79.9. The van der Waals surface area contributed by atoms with E-state index in [4.69, 9.17) is 4.42 Å². The lowest BCUT2D eigenvalue weighted by atomic mass is 10.1. The molecule has 2 N–H and O–H groups in total. The Morgan fingerprint density at radius 3 is 2.37 bits per heavy atom. The number of hydrogen-bond donors (Lipinski definition) is 2. The van der Waals surface area contributed by atoms with Gasteiger partial charge in [0.25, 0.3) is 5.22 Å². The Morgan fingerprint density at radius 2 is 1.70 bits per heavy atom. The first-order chi connectivity index (χ1) is 14.3. The van der Waals surface area contributed by atoms with Crippen molar-refractivity contribution in [2.45, 2.75) is 26.0 Å². The highest BCUT2D eigenvalue weighted by Crippen LogP contribution is 2.24. The summed E-state index contributed by atoms with van der Waals surface area (Å²) in [4.78, 5) is 24.2. The smallest absolute Gasteiger partial charge is 0.277 e. The third-order valence-electron chi connectivity index (χ3n) is 4.21. The van der Waals surface area contributed by atoms with E-state index in [2.05, 4.69) is 36.8 Å². The second kappa shape index (κ2) is 9.90. The first-order valence-electron chi connectivity index (χ1n) is 9.18. The molecule has 0 unspecified atom stereocenters. The van der Waals surface area contributed by atoms with Gasteiger partial charge in [-0.2, -0.15) is 0 Å². The molecular weight excluding hydrogens is 468 g/mol. The SMILES string of the molecule is Cc1cc(C)c(NC(=O)CNC(=O)CSc2nnc(-c3ccc(Br)cc3)o2)c(C)c1. The van der Waals surface area contributed by atoms with Crippen LogP contribution in [0.25, 0.3) is 11.5 Å². The molecule has 2 amide bonds. The molecule has 0 radical (unpaired) electrons. The van der Waals surface area contributed by atoms with E-state index in [9.17, 15) is 9.59 Å². The lowest BCUT2D eigenvalue weighted by molar-refractivity contribution is -0.122. The van der Waals surface area contributed by atoms with Gasteiger partial charge >= 0.3 is 0 Å². The molecule has 0 atom stereocenters. The van der Waals surface area contributed by atoms with Gasteiger partial charge in [-0.25, -0.2) is 0 Å². The van der Waals surface area contributed by atoms with Crippen LogP contribution in [0.2, 0.25) is 0 Å². The molecule has 9 heteroatoms. The molecule has 0 saturated heterocycles. The molecule has 0 fully saturated rings. The average Bonchev–Trinajstić information content (AvgIpc) is 3.17. The minimum atomic E-state index is -0.295. The molecule has 0 aliphatic heterocycles. The minimum Gasteiger partial charge on any atom is -0.411 e. The third kappa shape index (κ3) is 5.93. The summed E-state index contributed by atoms with van der Waals surface area (Å²) in [5.41, 5.74) is 4.68. The molecule has 30 heavy (non-hydrogen) atoms. The van der Waals surface area contributed by atoms with Gasteiger partial charge in [-0.15, -0.1) is 10.2 Å². The Hall–Kier alpha value is -2.65. The van der Waals surface area contributed by atoms with Crippen molar-refractivity contribution in [1.29, 1.82) is 0 Å². The van der Waals surface area contributed by atoms with Crippen LogP contribution in [0.5, 0.6) is 0 Å². The zero-order chi connectivity index (χ0) is 21.7. The van der Waals surface area contributed by atoms with Gasteiger partial charge in [-0.3, -0.25) is 9.59 Å². The number of halogens is 1. The number of anilines is 1. The number of nitrogens with zero attached hydrogens (tertiary/aromatic N) is 2. The number of hydrogen-bond acceptors (Lipinski definition) is 6. The maximum absolute atomic E-state index is 12.2. The molecule has 0 spiro atoms. The number of benzene rings is 2. The van der Waals surface area contributed by atoms with Crippen molar-refractivity contribution in [3.05, 3.63) is 57.6 Å². The number of carbonyl (C=O) groups is 2. The van der Waals surface area contributed by atoms with Crippen molar-refractivity contribution in [3.63, 3.8) is 0 Å². The van der Waals surface area contributed by atoms with Crippen LogP contribution in [0.15, 0.2) is 50.5 Å². The molecule has 3 aromatic rings. The number of aromatic nitrogens is 2. The van der Waals surface area contributed by atoms with Gasteiger partial charge in [0.15, 0.2) is 0 Å². The summed E-state index contributed by atoms with van der Waals surface area (Å²) >= 11 is 4.49. The van der Waals surface area contributed by atoms with E-state index in [0.717, 1.165) is 44.2 Å². The predicted octanol–water partition coefficient (Wildman–Crippen LogP) is 4.27. The van der Waals surface area contributed by atoms with Gasteiger partial charge in [0.2, 0.25) is 17.7 Å². The topological polar surface area (TPSA) is 97.1 Å². The zero-order valence-corrected chi connectivity index (χ0v) is 19.2. The van der Waals surface area contributed by atoms with Crippen molar-refractivity contribution >= 4 is 45.2 Å². The summed E-state index contributed by atoms with van der Waals surface area (Å²) in [5.74, 6) is -0.124. The highest BCUT2D eigenvalue weighted by Gasteiger charge is 2.13. The highest BCUT2D eigenvalue weighted by molar-refractivity contribution is 9.10. The Balaban J connectivity index is 1.46. The van der Waals surface area contributed by atoms with Gasteiger partial charge in [-0.1, -0.05) is 45.4 Å². The first-order valence-corrected chi connectivity index (χ1v) is 11.0. The van der Waals surface area contributed by atoms with Crippen LogP contribution in [0, 0.1) is 20.8 Å². The number of aryl methyl sites for hydroxylation is 3. The van der Waals surface area contributed by atoms with Gasteiger partial charge in [0.05, 0.1) is 12.3 Å². The summed E-state index contributed by atoms with van der Waals surface area (Å²) in [6.45, 7) is 5.78. The Morgan fingerprint density at radius 1 is 1.03 bits per heavy atom. The summed E-state index contributed by atoms with van der Waals surface area (Å²) in [6.07, 6.45) is 0. The molecule has 1 aromatic heterocycles. The summed E-state index contributed by atoms with van der Waals surface area (Å²) < 4.78 is 6.52. The standard InChI is InChI=1S/C21H21BrN4O3S/c1-12-8-13(2)19(14(3)9-12)24-17(27)10-23-18(28)11-30-21-26-25-20(29-21)15-4-6-16(22)7-5-15/h4-9H,10-11H2,1-3H3,(H,23,28)(H,24,27). The quantitative estimate of drug-likeness (QED) is 0.481. The fraction of sp³-hybridized carbons (Fsp3) is 0.238. The average molecular weight is 489 g/mol. The monoisotopic (exact) mass is 488 g/mol. The molecule has 7 nitrogen and oxygen atoms in total. The minimum absolute atomic E-state index is 0.0673. The molecule has 2 aromatic carbocycles. The van der Waals surface area contributed by atoms with E-state index in [1.165, 1.54) is 0 Å². The van der Waals surface area contributed by atoms with E-state index >= 15 is 0 Å². The molecule has 0 aliphatic rings. The lowest BCUT2D eigenvalue weighted by Crippen LogP contribution is -2.34. The van der Waals surface area contributed by atoms with E-state index in [0.29, 0.717) is 11.1 Å². The summed E-state index contributed by atoms with van der Waals surface area (Å²) in [5, 5.41) is 13.7. The van der Waals surface area contributed by atoms with Crippen LogP contribution in [0.1, 0.15) is 16.7 Å². The van der Waals surface area contributed by atoms with Gasteiger partial charge in [0, 0.05) is 15.7 Å². The molecule has 1 heterocycles. The van der Waals surface area contributed by atoms with Crippen molar-refractivity contribution < 1.29 is 14.0 Å². The third-order valence-corrected chi connectivity index (χ3v) is 5.56. The number of rotatable bonds is 7. The Bertz CT molecular complexity index is 1040. The van der Waals surface area contributed by atoms with Crippen LogP contribution in [-0.2, 0) is 9.59 Å². The zero-order valence-electron chi connectivity index (χ0n) is 16.8. The number of thioether (sulfide) groups is 1. The van der Waals surface area contributed by atoms with E-state index < -0.39 is 0 Å². The van der Waals surface area contributed by atoms with Crippen LogP contribution < -0.4 is 10.6 Å². The fourth-order valence-corrected chi connectivity index (χ4v) is 3.75. The molecule has 3 rings (SSSR count).